The highest BCUT2D eigenvalue weighted by atomic mass is 32.2. The summed E-state index contributed by atoms with van der Waals surface area (Å²) in [6.07, 6.45) is 7.85. The summed E-state index contributed by atoms with van der Waals surface area (Å²) in [5.74, 6) is 0. The van der Waals surface area contributed by atoms with E-state index in [9.17, 15) is 0 Å². The highest BCUT2D eigenvalue weighted by molar-refractivity contribution is 7.98. The van der Waals surface area contributed by atoms with Crippen LogP contribution in [-0.4, -0.2) is 21.0 Å². The van der Waals surface area contributed by atoms with Gasteiger partial charge in [0.2, 0.25) is 0 Å². The molecule has 0 spiro atoms. The van der Waals surface area contributed by atoms with Crippen molar-refractivity contribution in [3.63, 3.8) is 0 Å². The fraction of sp³-hybridized carbons (Fsp3) is 0.105. The zero-order valence-corrected chi connectivity index (χ0v) is 14.2. The summed E-state index contributed by atoms with van der Waals surface area (Å²) in [6, 6.07) is 14.9. The molecule has 0 aliphatic heterocycles. The van der Waals surface area contributed by atoms with Crippen LogP contribution in [0.2, 0.25) is 0 Å². The molecule has 4 nitrogen and oxygen atoms in total. The lowest BCUT2D eigenvalue weighted by Gasteiger charge is -2.08. The number of hydrogen-bond donors (Lipinski definition) is 2. The van der Waals surface area contributed by atoms with E-state index in [1.54, 1.807) is 18.1 Å². The van der Waals surface area contributed by atoms with E-state index >= 15 is 0 Å². The first-order valence-corrected chi connectivity index (χ1v) is 8.62. The summed E-state index contributed by atoms with van der Waals surface area (Å²) >= 11 is 1.68. The monoisotopic (exact) mass is 334 g/mol. The van der Waals surface area contributed by atoms with E-state index in [1.165, 1.54) is 22.2 Å². The SMILES string of the molecule is CNCc1cc(-c2ccc3[nH]ccc3c2)n(Sc2cccnc2)c1. The Morgan fingerprint density at radius 3 is 3.00 bits per heavy atom. The number of nitrogens with zero attached hydrogens (tertiary/aromatic N) is 2. The van der Waals surface area contributed by atoms with Crippen LogP contribution in [0.3, 0.4) is 0 Å². The molecule has 0 saturated carbocycles. The molecule has 3 heterocycles. The molecule has 0 fully saturated rings. The fourth-order valence-electron chi connectivity index (χ4n) is 2.81. The molecule has 0 aliphatic rings. The van der Waals surface area contributed by atoms with Crippen LogP contribution in [0.5, 0.6) is 0 Å². The lowest BCUT2D eigenvalue weighted by atomic mass is 10.1. The van der Waals surface area contributed by atoms with E-state index in [0.29, 0.717) is 0 Å². The minimum atomic E-state index is 0.847. The number of aromatic amines is 1. The van der Waals surface area contributed by atoms with Gasteiger partial charge in [0.05, 0.1) is 5.69 Å². The first-order chi connectivity index (χ1) is 11.8. The average molecular weight is 334 g/mol. The molecular formula is C19H18N4S. The fourth-order valence-corrected chi connectivity index (χ4v) is 3.73. The third kappa shape index (κ3) is 2.96. The zero-order valence-electron chi connectivity index (χ0n) is 13.4. The Labute approximate surface area is 145 Å². The number of pyridine rings is 1. The second kappa shape index (κ2) is 6.55. The molecule has 24 heavy (non-hydrogen) atoms. The van der Waals surface area contributed by atoms with Gasteiger partial charge < -0.3 is 10.3 Å². The Morgan fingerprint density at radius 2 is 2.17 bits per heavy atom. The van der Waals surface area contributed by atoms with Crippen molar-refractivity contribution in [2.75, 3.05) is 7.05 Å². The standard InChI is InChI=1S/C19H18N4S/c1-20-11-14-9-19(16-4-5-18-15(10-16)6-8-22-18)23(13-14)24-17-3-2-7-21-12-17/h2-10,12-13,20,22H,11H2,1H3. The summed E-state index contributed by atoms with van der Waals surface area (Å²) in [5, 5.41) is 4.45. The molecular weight excluding hydrogens is 316 g/mol. The Hall–Kier alpha value is -2.50. The predicted molar refractivity (Wildman–Crippen MR) is 100.0 cm³/mol. The molecule has 4 aromatic rings. The van der Waals surface area contributed by atoms with Crippen LogP contribution in [0.15, 0.2) is 72.1 Å². The van der Waals surface area contributed by atoms with Gasteiger partial charge in [0.1, 0.15) is 0 Å². The maximum absolute atomic E-state index is 4.21. The third-order valence-electron chi connectivity index (χ3n) is 3.91. The van der Waals surface area contributed by atoms with Crippen LogP contribution in [0, 0.1) is 0 Å². The van der Waals surface area contributed by atoms with E-state index in [4.69, 9.17) is 0 Å². The number of benzene rings is 1. The lowest BCUT2D eigenvalue weighted by Crippen LogP contribution is -2.03. The Balaban J connectivity index is 1.77. The van der Waals surface area contributed by atoms with Crippen molar-refractivity contribution in [3.05, 3.63) is 72.8 Å². The van der Waals surface area contributed by atoms with Crippen LogP contribution in [-0.2, 0) is 6.54 Å². The van der Waals surface area contributed by atoms with Crippen molar-refractivity contribution < 1.29 is 0 Å². The molecule has 2 N–H and O–H groups in total. The van der Waals surface area contributed by atoms with Crippen molar-refractivity contribution in [1.82, 2.24) is 19.3 Å². The predicted octanol–water partition coefficient (Wildman–Crippen LogP) is 4.31. The van der Waals surface area contributed by atoms with Gasteiger partial charge >= 0.3 is 0 Å². The van der Waals surface area contributed by atoms with Gasteiger partial charge in [0.25, 0.3) is 0 Å². The Morgan fingerprint density at radius 1 is 1.21 bits per heavy atom. The van der Waals surface area contributed by atoms with Crippen LogP contribution in [0.4, 0.5) is 0 Å². The number of H-pyrrole nitrogens is 1. The molecule has 120 valence electrons. The molecule has 0 saturated heterocycles. The Kier molecular flexibility index (Phi) is 4.11. The van der Waals surface area contributed by atoms with Crippen molar-refractivity contribution in [3.8, 4) is 11.3 Å². The third-order valence-corrected chi connectivity index (χ3v) is 4.86. The van der Waals surface area contributed by atoms with Gasteiger partial charge in [-0.1, -0.05) is 6.07 Å². The summed E-state index contributed by atoms with van der Waals surface area (Å²) in [6.45, 7) is 0.847. The van der Waals surface area contributed by atoms with Crippen molar-refractivity contribution >= 4 is 22.9 Å². The molecule has 0 unspecified atom stereocenters. The minimum absolute atomic E-state index is 0.847. The van der Waals surface area contributed by atoms with Crippen molar-refractivity contribution in [2.24, 2.45) is 0 Å². The smallest absolute Gasteiger partial charge is 0.0598 e. The first kappa shape index (κ1) is 15.1. The molecule has 0 atom stereocenters. The molecule has 0 radical (unpaired) electrons. The number of fused-ring (bicyclic) bond motifs is 1. The molecule has 0 amide bonds. The van der Waals surface area contributed by atoms with Gasteiger partial charge in [-0.25, -0.2) is 0 Å². The van der Waals surface area contributed by atoms with Crippen LogP contribution >= 0.6 is 11.9 Å². The summed E-state index contributed by atoms with van der Waals surface area (Å²) in [5.41, 5.74) is 4.82. The summed E-state index contributed by atoms with van der Waals surface area (Å²) < 4.78 is 2.22. The molecule has 4 rings (SSSR count). The minimum Gasteiger partial charge on any atom is -0.361 e. The topological polar surface area (TPSA) is 45.6 Å². The van der Waals surface area contributed by atoms with E-state index in [1.807, 2.05) is 25.5 Å². The molecule has 3 aromatic heterocycles. The van der Waals surface area contributed by atoms with Gasteiger partial charge in [-0.05, 0) is 66.5 Å². The van der Waals surface area contributed by atoms with E-state index in [2.05, 4.69) is 61.9 Å². The summed E-state index contributed by atoms with van der Waals surface area (Å²) in [7, 11) is 1.97. The number of nitrogens with one attached hydrogen (secondary N) is 2. The van der Waals surface area contributed by atoms with Gasteiger partial charge in [0, 0.05) is 47.1 Å². The van der Waals surface area contributed by atoms with E-state index in [0.717, 1.165) is 17.0 Å². The van der Waals surface area contributed by atoms with Gasteiger partial charge in [0.15, 0.2) is 0 Å². The van der Waals surface area contributed by atoms with Crippen LogP contribution < -0.4 is 5.32 Å². The second-order valence-electron chi connectivity index (χ2n) is 5.65. The maximum Gasteiger partial charge on any atom is 0.0598 e. The van der Waals surface area contributed by atoms with Gasteiger partial charge in [-0.3, -0.25) is 8.96 Å². The van der Waals surface area contributed by atoms with Crippen molar-refractivity contribution in [1.29, 1.82) is 0 Å². The van der Waals surface area contributed by atoms with Crippen LogP contribution in [0.25, 0.3) is 22.2 Å². The molecule has 1 aromatic carbocycles. The zero-order chi connectivity index (χ0) is 16.4. The summed E-state index contributed by atoms with van der Waals surface area (Å²) in [4.78, 5) is 8.58. The quantitative estimate of drug-likeness (QED) is 0.572. The largest absolute Gasteiger partial charge is 0.361 e. The molecule has 0 bridgehead atoms. The van der Waals surface area contributed by atoms with Crippen molar-refractivity contribution in [2.45, 2.75) is 11.4 Å². The second-order valence-corrected chi connectivity index (χ2v) is 6.70. The van der Waals surface area contributed by atoms with E-state index < -0.39 is 0 Å². The highest BCUT2D eigenvalue weighted by Crippen LogP contribution is 2.31. The number of hydrogen-bond acceptors (Lipinski definition) is 3. The average Bonchev–Trinajstić information content (AvgIpc) is 3.22. The molecule has 0 aliphatic carbocycles. The van der Waals surface area contributed by atoms with Gasteiger partial charge in [-0.15, -0.1) is 0 Å². The maximum atomic E-state index is 4.21. The number of aromatic nitrogens is 3. The first-order valence-electron chi connectivity index (χ1n) is 7.85. The number of rotatable bonds is 5. The van der Waals surface area contributed by atoms with Gasteiger partial charge in [-0.2, -0.15) is 0 Å². The molecule has 5 heteroatoms. The van der Waals surface area contributed by atoms with E-state index in [-0.39, 0.29) is 0 Å². The normalized spacial score (nSPS) is 11.2. The Bertz CT molecular complexity index is 956. The lowest BCUT2D eigenvalue weighted by molar-refractivity contribution is 0.818. The highest BCUT2D eigenvalue weighted by Gasteiger charge is 2.10. The van der Waals surface area contributed by atoms with Crippen LogP contribution in [0.1, 0.15) is 5.56 Å².